The molecule has 1 aromatic heterocycles. The number of fused-ring (bicyclic) bond motifs is 2. The molecule has 2 heterocycles. The fourth-order valence-corrected chi connectivity index (χ4v) is 4.57. The first-order valence-electron chi connectivity index (χ1n) is 10.8. The molecule has 4 aromatic rings. The summed E-state index contributed by atoms with van der Waals surface area (Å²) in [5, 5.41) is 0.755. The molecule has 1 amide bonds. The van der Waals surface area contributed by atoms with Crippen LogP contribution in [0.25, 0.3) is 11.0 Å². The van der Waals surface area contributed by atoms with Crippen LogP contribution in [0.5, 0.6) is 5.75 Å². The molecule has 0 unspecified atom stereocenters. The monoisotopic (exact) mass is 477 g/mol. The third-order valence-corrected chi connectivity index (χ3v) is 6.64. The number of carbonyl (C=O) groups excluding carboxylic acids is 1. The number of amides is 1. The number of benzene rings is 3. The van der Waals surface area contributed by atoms with Crippen molar-refractivity contribution in [2.24, 2.45) is 0 Å². The Balaban J connectivity index is 1.61. The number of carbonyl (C=O) groups is 1. The molecule has 1 aliphatic rings. The zero-order valence-corrected chi connectivity index (χ0v) is 19.4. The maximum absolute atomic E-state index is 13.7. The average molecular weight is 478 g/mol. The van der Waals surface area contributed by atoms with Gasteiger partial charge in [0.15, 0.2) is 5.43 Å². The van der Waals surface area contributed by atoms with Gasteiger partial charge in [0.2, 0.25) is 5.76 Å². The molecule has 1 atom stereocenters. The van der Waals surface area contributed by atoms with E-state index < -0.39 is 11.9 Å². The Kier molecular flexibility index (Phi) is 5.62. The Morgan fingerprint density at radius 1 is 1.06 bits per heavy atom. The zero-order valence-electron chi connectivity index (χ0n) is 18.6. The maximum Gasteiger partial charge on any atom is 0.290 e. The third kappa shape index (κ3) is 3.74. The quantitative estimate of drug-likeness (QED) is 0.370. The highest BCUT2D eigenvalue weighted by Crippen LogP contribution is 2.38. The fourth-order valence-electron chi connectivity index (χ4n) is 4.40. The second kappa shape index (κ2) is 8.61. The summed E-state index contributed by atoms with van der Waals surface area (Å²) in [5.41, 5.74) is 2.64. The van der Waals surface area contributed by atoms with Crippen molar-refractivity contribution in [3.63, 3.8) is 0 Å². The molecule has 0 radical (unpaired) electrons. The predicted octanol–water partition coefficient (Wildman–Crippen LogP) is 5.69. The minimum Gasteiger partial charge on any atom is -0.497 e. The lowest BCUT2D eigenvalue weighted by molar-refractivity contribution is 0.0730. The van der Waals surface area contributed by atoms with E-state index in [0.717, 1.165) is 16.9 Å². The van der Waals surface area contributed by atoms with Crippen LogP contribution in [0.2, 0.25) is 5.02 Å². The van der Waals surface area contributed by atoms with E-state index in [9.17, 15) is 14.0 Å². The van der Waals surface area contributed by atoms with E-state index in [1.54, 1.807) is 43.2 Å². The van der Waals surface area contributed by atoms with E-state index in [2.05, 4.69) is 0 Å². The number of methoxy groups -OCH3 is 1. The highest BCUT2D eigenvalue weighted by molar-refractivity contribution is 6.32. The van der Waals surface area contributed by atoms with E-state index in [1.807, 2.05) is 24.3 Å². The highest BCUT2D eigenvalue weighted by atomic mass is 35.5. The largest absolute Gasteiger partial charge is 0.497 e. The van der Waals surface area contributed by atoms with Crippen LogP contribution in [0.3, 0.4) is 0 Å². The average Bonchev–Trinajstić information content (AvgIpc) is 3.11. The first-order chi connectivity index (χ1) is 16.4. The Labute approximate surface area is 200 Å². The summed E-state index contributed by atoms with van der Waals surface area (Å²) in [5.74, 6) is -0.00775. The number of aryl methyl sites for hydroxylation is 1. The number of hydrogen-bond donors (Lipinski definition) is 0. The van der Waals surface area contributed by atoms with Crippen LogP contribution in [0.4, 0.5) is 4.39 Å². The first kappa shape index (κ1) is 22.2. The van der Waals surface area contributed by atoms with Gasteiger partial charge in [0.1, 0.15) is 17.1 Å². The maximum atomic E-state index is 13.7. The van der Waals surface area contributed by atoms with Gasteiger partial charge in [-0.2, -0.15) is 0 Å². The first-order valence-corrected chi connectivity index (χ1v) is 11.2. The summed E-state index contributed by atoms with van der Waals surface area (Å²) >= 11 is 6.27. The van der Waals surface area contributed by atoms with Crippen LogP contribution in [-0.4, -0.2) is 24.5 Å². The van der Waals surface area contributed by atoms with Crippen LogP contribution >= 0.6 is 11.6 Å². The summed E-state index contributed by atoms with van der Waals surface area (Å²) in [7, 11) is 1.60. The zero-order chi connectivity index (χ0) is 24.0. The summed E-state index contributed by atoms with van der Waals surface area (Å²) in [4.78, 5) is 28.7. The number of halogens is 2. The molecule has 0 saturated carbocycles. The molecule has 0 aliphatic carbocycles. The minimum atomic E-state index is -0.693. The van der Waals surface area contributed by atoms with Crippen molar-refractivity contribution in [3.05, 3.63) is 110 Å². The Bertz CT molecular complexity index is 1460. The molecule has 172 valence electrons. The van der Waals surface area contributed by atoms with Gasteiger partial charge in [-0.05, 0) is 66.4 Å². The summed E-state index contributed by atoms with van der Waals surface area (Å²) in [6.45, 7) is 2.15. The molecule has 7 heteroatoms. The molecule has 0 fully saturated rings. The summed E-state index contributed by atoms with van der Waals surface area (Å²) in [6.07, 6.45) is 0.556. The molecule has 0 bridgehead atoms. The SMILES string of the molecule is COc1ccc(CCN2C(=O)c3oc4cc(C)c(Cl)cc4c(=O)c3[C@@H]2c2ccc(F)cc2)cc1. The molecular weight excluding hydrogens is 457 g/mol. The van der Waals surface area contributed by atoms with E-state index in [0.29, 0.717) is 34.5 Å². The van der Waals surface area contributed by atoms with Crippen LogP contribution in [0, 0.1) is 12.7 Å². The van der Waals surface area contributed by atoms with Gasteiger partial charge >= 0.3 is 0 Å². The van der Waals surface area contributed by atoms with Gasteiger partial charge in [-0.1, -0.05) is 35.9 Å². The van der Waals surface area contributed by atoms with Gasteiger partial charge in [0.25, 0.3) is 5.91 Å². The van der Waals surface area contributed by atoms with Gasteiger partial charge in [0, 0.05) is 11.6 Å². The van der Waals surface area contributed by atoms with Gasteiger partial charge in [-0.15, -0.1) is 0 Å². The van der Waals surface area contributed by atoms with Crippen molar-refractivity contribution in [1.29, 1.82) is 0 Å². The molecule has 0 spiro atoms. The lowest BCUT2D eigenvalue weighted by Gasteiger charge is -2.25. The number of ether oxygens (including phenoxy) is 1. The molecule has 3 aromatic carbocycles. The van der Waals surface area contributed by atoms with Crippen LogP contribution in [0.15, 0.2) is 69.9 Å². The van der Waals surface area contributed by atoms with Crippen LogP contribution in [0.1, 0.15) is 38.9 Å². The fraction of sp³-hybridized carbons (Fsp3) is 0.185. The molecule has 5 nitrogen and oxygen atoms in total. The van der Waals surface area contributed by atoms with Crippen molar-refractivity contribution < 1.29 is 18.3 Å². The topological polar surface area (TPSA) is 59.8 Å². The number of hydrogen-bond acceptors (Lipinski definition) is 4. The minimum absolute atomic E-state index is 0.0169. The molecule has 0 N–H and O–H groups in total. The number of rotatable bonds is 5. The van der Waals surface area contributed by atoms with E-state index in [1.165, 1.54) is 12.1 Å². The Morgan fingerprint density at radius 3 is 2.44 bits per heavy atom. The van der Waals surface area contributed by atoms with E-state index in [4.69, 9.17) is 20.8 Å². The normalized spacial score (nSPS) is 15.1. The summed E-state index contributed by atoms with van der Waals surface area (Å²) < 4.78 is 24.8. The van der Waals surface area contributed by atoms with Crippen LogP contribution < -0.4 is 10.2 Å². The molecule has 1 aliphatic heterocycles. The second-order valence-electron chi connectivity index (χ2n) is 8.32. The molecule has 0 saturated heterocycles. The van der Waals surface area contributed by atoms with E-state index >= 15 is 0 Å². The summed E-state index contributed by atoms with van der Waals surface area (Å²) in [6, 6.07) is 16.0. The Hall–Kier alpha value is -3.64. The predicted molar refractivity (Wildman–Crippen MR) is 128 cm³/mol. The highest BCUT2D eigenvalue weighted by Gasteiger charge is 2.42. The second-order valence-corrected chi connectivity index (χ2v) is 8.73. The van der Waals surface area contributed by atoms with Gasteiger partial charge < -0.3 is 14.1 Å². The van der Waals surface area contributed by atoms with Gasteiger partial charge in [-0.3, -0.25) is 9.59 Å². The smallest absolute Gasteiger partial charge is 0.290 e. The van der Waals surface area contributed by atoms with Crippen LogP contribution in [-0.2, 0) is 6.42 Å². The standard InChI is InChI=1S/C27H21ClFNO4/c1-15-13-22-20(14-21(15)28)25(31)23-24(17-5-7-18(29)8-6-17)30(27(32)26(23)34-22)12-11-16-3-9-19(33-2)10-4-16/h3-10,13-14,24H,11-12H2,1-2H3/t24-/m0/s1. The van der Waals surface area contributed by atoms with Gasteiger partial charge in [0.05, 0.1) is 24.1 Å². The van der Waals surface area contributed by atoms with E-state index in [-0.39, 0.29) is 22.7 Å². The van der Waals surface area contributed by atoms with Crippen molar-refractivity contribution >= 4 is 28.5 Å². The lowest BCUT2D eigenvalue weighted by atomic mass is 9.98. The molecular formula is C27H21ClFNO4. The molecule has 5 rings (SSSR count). The lowest BCUT2D eigenvalue weighted by Crippen LogP contribution is -2.31. The third-order valence-electron chi connectivity index (χ3n) is 6.23. The van der Waals surface area contributed by atoms with Crippen molar-refractivity contribution in [3.8, 4) is 5.75 Å². The van der Waals surface area contributed by atoms with Crippen molar-refractivity contribution in [1.82, 2.24) is 4.90 Å². The number of nitrogens with zero attached hydrogens (tertiary/aromatic N) is 1. The Morgan fingerprint density at radius 2 is 1.76 bits per heavy atom. The molecule has 34 heavy (non-hydrogen) atoms. The van der Waals surface area contributed by atoms with Crippen molar-refractivity contribution in [2.45, 2.75) is 19.4 Å². The van der Waals surface area contributed by atoms with Crippen molar-refractivity contribution in [2.75, 3.05) is 13.7 Å². The van der Waals surface area contributed by atoms with Gasteiger partial charge in [-0.25, -0.2) is 4.39 Å².